The van der Waals surface area contributed by atoms with Crippen LogP contribution in [0.2, 0.25) is 0 Å². The summed E-state index contributed by atoms with van der Waals surface area (Å²) >= 11 is 0. The third-order valence-electron chi connectivity index (χ3n) is 2.59. The second-order valence-corrected chi connectivity index (χ2v) is 3.38. The van der Waals surface area contributed by atoms with Crippen molar-refractivity contribution in [2.75, 3.05) is 0 Å². The third kappa shape index (κ3) is 0.973. The summed E-state index contributed by atoms with van der Waals surface area (Å²) in [5, 5.41) is 0. The summed E-state index contributed by atoms with van der Waals surface area (Å²) in [5.41, 5.74) is 2.63. The third-order valence-corrected chi connectivity index (χ3v) is 2.59. The molecule has 0 amide bonds. The topological polar surface area (TPSA) is 9.23 Å². The van der Waals surface area contributed by atoms with Crippen LogP contribution in [-0.2, 0) is 4.74 Å². The standard InChI is InChI=1S/C12H10O/c1-3-7-11-9(5-1)10-6-2-4-8-12(10)13-11/h1-8,11-12H. The minimum Gasteiger partial charge on any atom is -0.357 e. The maximum atomic E-state index is 5.82. The van der Waals surface area contributed by atoms with E-state index in [-0.39, 0.29) is 12.2 Å². The van der Waals surface area contributed by atoms with Crippen molar-refractivity contribution >= 4 is 0 Å². The van der Waals surface area contributed by atoms with Gasteiger partial charge < -0.3 is 4.74 Å². The SMILES string of the molecule is C1=CC2=C3C=CC=CC3OC2C=C1. The van der Waals surface area contributed by atoms with E-state index in [9.17, 15) is 0 Å². The van der Waals surface area contributed by atoms with Gasteiger partial charge in [0, 0.05) is 0 Å². The van der Waals surface area contributed by atoms with Crippen LogP contribution < -0.4 is 0 Å². The summed E-state index contributed by atoms with van der Waals surface area (Å²) in [4.78, 5) is 0. The Kier molecular flexibility index (Phi) is 1.41. The van der Waals surface area contributed by atoms with Crippen LogP contribution in [0.3, 0.4) is 0 Å². The Bertz CT molecular complexity index is 344. The molecular weight excluding hydrogens is 160 g/mol. The van der Waals surface area contributed by atoms with Crippen LogP contribution in [0.1, 0.15) is 0 Å². The lowest BCUT2D eigenvalue weighted by atomic mass is 9.96. The summed E-state index contributed by atoms with van der Waals surface area (Å²) in [6.07, 6.45) is 17.1. The van der Waals surface area contributed by atoms with Gasteiger partial charge in [0.2, 0.25) is 0 Å². The summed E-state index contributed by atoms with van der Waals surface area (Å²) in [6, 6.07) is 0. The van der Waals surface area contributed by atoms with E-state index < -0.39 is 0 Å². The molecule has 3 aliphatic rings. The van der Waals surface area contributed by atoms with Gasteiger partial charge in [-0.1, -0.05) is 48.6 Å². The van der Waals surface area contributed by atoms with Crippen molar-refractivity contribution in [3.8, 4) is 0 Å². The monoisotopic (exact) mass is 170 g/mol. The van der Waals surface area contributed by atoms with Crippen LogP contribution in [0.4, 0.5) is 0 Å². The van der Waals surface area contributed by atoms with E-state index >= 15 is 0 Å². The van der Waals surface area contributed by atoms with Crippen molar-refractivity contribution in [1.82, 2.24) is 0 Å². The molecule has 0 spiro atoms. The molecule has 0 aromatic carbocycles. The molecule has 1 heterocycles. The fourth-order valence-electron chi connectivity index (χ4n) is 1.96. The molecule has 2 unspecified atom stereocenters. The highest BCUT2D eigenvalue weighted by atomic mass is 16.5. The number of hydrogen-bond donors (Lipinski definition) is 0. The van der Waals surface area contributed by atoms with Gasteiger partial charge >= 0.3 is 0 Å². The first kappa shape index (κ1) is 7.10. The average molecular weight is 170 g/mol. The van der Waals surface area contributed by atoms with E-state index in [2.05, 4.69) is 36.5 Å². The van der Waals surface area contributed by atoms with Gasteiger partial charge in [0.25, 0.3) is 0 Å². The normalized spacial score (nSPS) is 33.8. The summed E-state index contributed by atoms with van der Waals surface area (Å²) < 4.78 is 5.82. The Hall–Kier alpha value is -1.34. The minimum absolute atomic E-state index is 0.178. The first-order valence-electron chi connectivity index (χ1n) is 4.54. The van der Waals surface area contributed by atoms with Gasteiger partial charge in [0.1, 0.15) is 12.2 Å². The lowest BCUT2D eigenvalue weighted by molar-refractivity contribution is 0.109. The molecule has 1 heteroatoms. The summed E-state index contributed by atoms with van der Waals surface area (Å²) in [6.45, 7) is 0. The summed E-state index contributed by atoms with van der Waals surface area (Å²) in [5.74, 6) is 0. The van der Waals surface area contributed by atoms with E-state index in [1.165, 1.54) is 11.1 Å². The molecule has 0 aromatic rings. The molecule has 0 aromatic heterocycles. The maximum Gasteiger partial charge on any atom is 0.103 e. The smallest absolute Gasteiger partial charge is 0.103 e. The first-order chi connectivity index (χ1) is 6.45. The van der Waals surface area contributed by atoms with Crippen LogP contribution >= 0.6 is 0 Å². The molecule has 0 saturated carbocycles. The molecule has 0 radical (unpaired) electrons. The second-order valence-electron chi connectivity index (χ2n) is 3.38. The number of fused-ring (bicyclic) bond motifs is 2. The Morgan fingerprint density at radius 1 is 0.769 bits per heavy atom. The Balaban J connectivity index is 2.11. The zero-order valence-corrected chi connectivity index (χ0v) is 7.18. The van der Waals surface area contributed by atoms with Gasteiger partial charge in [-0.3, -0.25) is 0 Å². The molecular formula is C12H10O. The van der Waals surface area contributed by atoms with Gasteiger partial charge in [0.15, 0.2) is 0 Å². The number of ether oxygens (including phenoxy) is 1. The zero-order chi connectivity index (χ0) is 8.67. The van der Waals surface area contributed by atoms with E-state index in [0.29, 0.717) is 0 Å². The first-order valence-corrected chi connectivity index (χ1v) is 4.54. The van der Waals surface area contributed by atoms with Crippen LogP contribution in [0, 0.1) is 0 Å². The Labute approximate surface area is 77.4 Å². The van der Waals surface area contributed by atoms with Crippen molar-refractivity contribution < 1.29 is 4.74 Å². The fourth-order valence-corrected chi connectivity index (χ4v) is 1.96. The van der Waals surface area contributed by atoms with Crippen LogP contribution in [0.25, 0.3) is 0 Å². The quantitative estimate of drug-likeness (QED) is 0.542. The Morgan fingerprint density at radius 2 is 1.31 bits per heavy atom. The van der Waals surface area contributed by atoms with E-state index in [0.717, 1.165) is 0 Å². The van der Waals surface area contributed by atoms with Gasteiger partial charge in [-0.05, 0) is 11.1 Å². The van der Waals surface area contributed by atoms with Crippen LogP contribution in [0.15, 0.2) is 59.8 Å². The van der Waals surface area contributed by atoms with E-state index in [1.807, 2.05) is 12.2 Å². The van der Waals surface area contributed by atoms with Crippen LogP contribution in [-0.4, -0.2) is 12.2 Å². The molecule has 0 N–H and O–H groups in total. The van der Waals surface area contributed by atoms with Crippen molar-refractivity contribution in [1.29, 1.82) is 0 Å². The van der Waals surface area contributed by atoms with Gasteiger partial charge in [-0.15, -0.1) is 0 Å². The molecule has 0 fully saturated rings. The predicted octanol–water partition coefficient (Wildman–Crippen LogP) is 2.30. The maximum absolute atomic E-state index is 5.82. The zero-order valence-electron chi connectivity index (χ0n) is 7.18. The number of hydrogen-bond acceptors (Lipinski definition) is 1. The molecule has 0 bridgehead atoms. The molecule has 1 nitrogen and oxygen atoms in total. The molecule has 1 aliphatic heterocycles. The number of allylic oxidation sites excluding steroid dienone is 4. The van der Waals surface area contributed by atoms with Crippen molar-refractivity contribution in [3.63, 3.8) is 0 Å². The fraction of sp³-hybridized carbons (Fsp3) is 0.167. The van der Waals surface area contributed by atoms with Gasteiger partial charge in [0.05, 0.1) is 0 Å². The van der Waals surface area contributed by atoms with Gasteiger partial charge in [-0.2, -0.15) is 0 Å². The van der Waals surface area contributed by atoms with E-state index in [4.69, 9.17) is 4.74 Å². The lowest BCUT2D eigenvalue weighted by Crippen LogP contribution is -2.11. The predicted molar refractivity (Wildman–Crippen MR) is 52.2 cm³/mol. The van der Waals surface area contributed by atoms with Gasteiger partial charge in [-0.25, -0.2) is 0 Å². The summed E-state index contributed by atoms with van der Waals surface area (Å²) in [7, 11) is 0. The molecule has 0 saturated heterocycles. The largest absolute Gasteiger partial charge is 0.357 e. The van der Waals surface area contributed by atoms with Crippen molar-refractivity contribution in [3.05, 3.63) is 59.8 Å². The molecule has 3 rings (SSSR count). The highest BCUT2D eigenvalue weighted by molar-refractivity contribution is 5.51. The molecule has 2 aliphatic carbocycles. The number of rotatable bonds is 0. The lowest BCUT2D eigenvalue weighted by Gasteiger charge is -2.11. The van der Waals surface area contributed by atoms with Crippen molar-refractivity contribution in [2.24, 2.45) is 0 Å². The Morgan fingerprint density at radius 3 is 1.85 bits per heavy atom. The van der Waals surface area contributed by atoms with E-state index in [1.54, 1.807) is 0 Å². The second kappa shape index (κ2) is 2.57. The molecule has 2 atom stereocenters. The highest BCUT2D eigenvalue weighted by Gasteiger charge is 2.30. The van der Waals surface area contributed by atoms with Crippen molar-refractivity contribution in [2.45, 2.75) is 12.2 Å². The molecule has 64 valence electrons. The highest BCUT2D eigenvalue weighted by Crippen LogP contribution is 2.33. The average Bonchev–Trinajstić information content (AvgIpc) is 2.56. The molecule has 13 heavy (non-hydrogen) atoms. The minimum atomic E-state index is 0.178. The van der Waals surface area contributed by atoms with Crippen LogP contribution in [0.5, 0.6) is 0 Å².